The van der Waals surface area contributed by atoms with Crippen LogP contribution < -0.4 is 10.6 Å². The Morgan fingerprint density at radius 2 is 2.06 bits per heavy atom. The predicted octanol–water partition coefficient (Wildman–Crippen LogP) is 3.03. The number of rotatable bonds is 3. The van der Waals surface area contributed by atoms with Crippen LogP contribution in [0.15, 0.2) is 29.3 Å². The number of nitrogens with zero attached hydrogens (tertiary/aromatic N) is 1. The molecule has 0 spiro atoms. The standard InChI is InChI=1S/C13H20ClN3.HI/c1-13(2,9-17-12(15-3)16-4)10-6-5-7-11(14)8-10;/h5-8H,9H2,1-4H3,(H2,15,16,17);1H. The van der Waals surface area contributed by atoms with Gasteiger partial charge in [0.1, 0.15) is 0 Å². The third-order valence-electron chi connectivity index (χ3n) is 2.76. The number of halogens is 2. The summed E-state index contributed by atoms with van der Waals surface area (Å²) in [5, 5.41) is 7.04. The highest BCUT2D eigenvalue weighted by Gasteiger charge is 2.20. The zero-order chi connectivity index (χ0) is 12.9. The molecule has 0 aliphatic carbocycles. The van der Waals surface area contributed by atoms with Gasteiger partial charge in [-0.3, -0.25) is 4.99 Å². The minimum atomic E-state index is -0.00229. The number of hydrogen-bond acceptors (Lipinski definition) is 1. The van der Waals surface area contributed by atoms with Crippen LogP contribution in [0.5, 0.6) is 0 Å². The Labute approximate surface area is 131 Å². The Morgan fingerprint density at radius 3 is 2.56 bits per heavy atom. The maximum absolute atomic E-state index is 6.01. The largest absolute Gasteiger partial charge is 0.359 e. The molecule has 0 amide bonds. The molecule has 1 rings (SSSR count). The van der Waals surface area contributed by atoms with Gasteiger partial charge in [0.15, 0.2) is 5.96 Å². The quantitative estimate of drug-likeness (QED) is 0.480. The van der Waals surface area contributed by atoms with Crippen molar-refractivity contribution in [3.05, 3.63) is 34.9 Å². The molecule has 0 aromatic heterocycles. The van der Waals surface area contributed by atoms with Crippen molar-refractivity contribution in [3.63, 3.8) is 0 Å². The first-order valence-electron chi connectivity index (χ1n) is 5.64. The minimum absolute atomic E-state index is 0. The predicted molar refractivity (Wildman–Crippen MR) is 90.3 cm³/mol. The molecule has 0 radical (unpaired) electrons. The van der Waals surface area contributed by atoms with Crippen LogP contribution in [0, 0.1) is 0 Å². The molecule has 0 bridgehead atoms. The molecular formula is C13H21ClIN3. The van der Waals surface area contributed by atoms with Crippen molar-refractivity contribution in [1.29, 1.82) is 0 Å². The van der Waals surface area contributed by atoms with E-state index in [1.165, 1.54) is 5.56 Å². The normalized spacial score (nSPS) is 11.7. The van der Waals surface area contributed by atoms with Gasteiger partial charge in [0.2, 0.25) is 0 Å². The van der Waals surface area contributed by atoms with Gasteiger partial charge in [-0.1, -0.05) is 37.6 Å². The monoisotopic (exact) mass is 381 g/mol. The molecule has 0 heterocycles. The van der Waals surface area contributed by atoms with E-state index in [1.54, 1.807) is 7.05 Å². The molecule has 0 saturated heterocycles. The van der Waals surface area contributed by atoms with Gasteiger partial charge in [-0.2, -0.15) is 0 Å². The molecule has 3 nitrogen and oxygen atoms in total. The van der Waals surface area contributed by atoms with Crippen LogP contribution in [0.25, 0.3) is 0 Å². The van der Waals surface area contributed by atoms with E-state index in [0.717, 1.165) is 17.5 Å². The average Bonchev–Trinajstić information content (AvgIpc) is 2.30. The van der Waals surface area contributed by atoms with Crippen LogP contribution in [0.2, 0.25) is 5.02 Å². The highest BCUT2D eigenvalue weighted by molar-refractivity contribution is 14.0. The smallest absolute Gasteiger partial charge is 0.190 e. The molecular weight excluding hydrogens is 361 g/mol. The van der Waals surface area contributed by atoms with E-state index in [-0.39, 0.29) is 29.4 Å². The lowest BCUT2D eigenvalue weighted by Gasteiger charge is -2.26. The number of aliphatic imine (C=N–C) groups is 1. The lowest BCUT2D eigenvalue weighted by molar-refractivity contribution is 0.510. The molecule has 0 saturated carbocycles. The maximum Gasteiger partial charge on any atom is 0.190 e. The second kappa shape index (κ2) is 7.84. The summed E-state index contributed by atoms with van der Waals surface area (Å²) in [6.07, 6.45) is 0. The minimum Gasteiger partial charge on any atom is -0.359 e. The highest BCUT2D eigenvalue weighted by atomic mass is 127. The van der Waals surface area contributed by atoms with Crippen LogP contribution >= 0.6 is 35.6 Å². The zero-order valence-electron chi connectivity index (χ0n) is 11.2. The Bertz CT molecular complexity index is 405. The van der Waals surface area contributed by atoms with Crippen LogP contribution in [-0.2, 0) is 5.41 Å². The summed E-state index contributed by atoms with van der Waals surface area (Å²) in [6.45, 7) is 5.14. The molecule has 18 heavy (non-hydrogen) atoms. The molecule has 1 aromatic carbocycles. The summed E-state index contributed by atoms with van der Waals surface area (Å²) < 4.78 is 0. The molecule has 2 N–H and O–H groups in total. The molecule has 0 aliphatic rings. The summed E-state index contributed by atoms with van der Waals surface area (Å²) in [6, 6.07) is 7.97. The molecule has 5 heteroatoms. The van der Waals surface area contributed by atoms with Gasteiger partial charge in [0.05, 0.1) is 0 Å². The van der Waals surface area contributed by atoms with Crippen molar-refractivity contribution in [2.24, 2.45) is 4.99 Å². The summed E-state index contributed by atoms with van der Waals surface area (Å²) in [7, 11) is 3.60. The summed E-state index contributed by atoms with van der Waals surface area (Å²) in [5.74, 6) is 0.792. The van der Waals surface area contributed by atoms with E-state index in [0.29, 0.717) is 0 Å². The number of guanidine groups is 1. The number of benzene rings is 1. The lowest BCUT2D eigenvalue weighted by atomic mass is 9.84. The van der Waals surface area contributed by atoms with Crippen LogP contribution in [-0.4, -0.2) is 26.6 Å². The Hall–Kier alpha value is -0.490. The van der Waals surface area contributed by atoms with Crippen LogP contribution in [0.3, 0.4) is 0 Å². The van der Waals surface area contributed by atoms with E-state index in [2.05, 4.69) is 35.5 Å². The van der Waals surface area contributed by atoms with E-state index in [1.807, 2.05) is 25.2 Å². The fraction of sp³-hybridized carbons (Fsp3) is 0.462. The third kappa shape index (κ3) is 5.02. The Balaban J connectivity index is 0.00000289. The SMILES string of the molecule is CN=C(NC)NCC(C)(C)c1cccc(Cl)c1.I. The van der Waals surface area contributed by atoms with Crippen molar-refractivity contribution in [3.8, 4) is 0 Å². The Kier molecular flexibility index (Phi) is 7.62. The molecule has 0 unspecified atom stereocenters. The van der Waals surface area contributed by atoms with Gasteiger partial charge in [-0.25, -0.2) is 0 Å². The first-order valence-corrected chi connectivity index (χ1v) is 6.02. The lowest BCUT2D eigenvalue weighted by Crippen LogP contribution is -2.42. The molecule has 0 aliphatic heterocycles. The second-order valence-electron chi connectivity index (χ2n) is 4.57. The van der Waals surface area contributed by atoms with E-state index in [4.69, 9.17) is 11.6 Å². The summed E-state index contributed by atoms with van der Waals surface area (Å²) >= 11 is 6.01. The van der Waals surface area contributed by atoms with Gasteiger partial charge in [-0.05, 0) is 17.7 Å². The first-order chi connectivity index (χ1) is 7.99. The second-order valence-corrected chi connectivity index (χ2v) is 5.01. The Morgan fingerprint density at radius 1 is 1.39 bits per heavy atom. The molecule has 0 atom stereocenters. The third-order valence-corrected chi connectivity index (χ3v) is 3.00. The summed E-state index contributed by atoms with van der Waals surface area (Å²) in [5.41, 5.74) is 1.21. The van der Waals surface area contributed by atoms with Crippen molar-refractivity contribution in [2.75, 3.05) is 20.6 Å². The topological polar surface area (TPSA) is 36.4 Å². The zero-order valence-corrected chi connectivity index (χ0v) is 14.3. The van der Waals surface area contributed by atoms with E-state index in [9.17, 15) is 0 Å². The van der Waals surface area contributed by atoms with Crippen LogP contribution in [0.4, 0.5) is 0 Å². The van der Waals surface area contributed by atoms with E-state index >= 15 is 0 Å². The number of hydrogen-bond donors (Lipinski definition) is 2. The van der Waals surface area contributed by atoms with Gasteiger partial charge in [-0.15, -0.1) is 24.0 Å². The first kappa shape index (κ1) is 17.5. The maximum atomic E-state index is 6.01. The van der Waals surface area contributed by atoms with E-state index < -0.39 is 0 Å². The van der Waals surface area contributed by atoms with Crippen molar-refractivity contribution in [2.45, 2.75) is 19.3 Å². The number of nitrogens with one attached hydrogen (secondary N) is 2. The van der Waals surface area contributed by atoms with Gasteiger partial charge < -0.3 is 10.6 Å². The van der Waals surface area contributed by atoms with Gasteiger partial charge in [0, 0.05) is 31.1 Å². The van der Waals surface area contributed by atoms with Gasteiger partial charge in [0.25, 0.3) is 0 Å². The van der Waals surface area contributed by atoms with Crippen LogP contribution in [0.1, 0.15) is 19.4 Å². The molecule has 1 aromatic rings. The highest BCUT2D eigenvalue weighted by Crippen LogP contribution is 2.24. The van der Waals surface area contributed by atoms with Crippen molar-refractivity contribution in [1.82, 2.24) is 10.6 Å². The molecule has 102 valence electrons. The van der Waals surface area contributed by atoms with Crippen molar-refractivity contribution < 1.29 is 0 Å². The fourth-order valence-electron chi connectivity index (χ4n) is 1.60. The summed E-state index contributed by atoms with van der Waals surface area (Å²) in [4.78, 5) is 4.09. The molecule has 0 fully saturated rings. The van der Waals surface area contributed by atoms with Gasteiger partial charge >= 0.3 is 0 Å². The van der Waals surface area contributed by atoms with Crippen molar-refractivity contribution >= 4 is 41.5 Å². The average molecular weight is 382 g/mol. The fourth-order valence-corrected chi connectivity index (χ4v) is 1.79.